The second kappa shape index (κ2) is 8.78. The second-order valence-electron chi connectivity index (χ2n) is 7.18. The Bertz CT molecular complexity index is 846. The smallest absolute Gasteiger partial charge is 0.265 e. The predicted molar refractivity (Wildman–Crippen MR) is 109 cm³/mol. The molecule has 1 aliphatic rings. The third-order valence-electron chi connectivity index (χ3n) is 4.51. The Morgan fingerprint density at radius 2 is 1.96 bits per heavy atom. The molecule has 28 heavy (non-hydrogen) atoms. The van der Waals surface area contributed by atoms with Crippen molar-refractivity contribution in [1.82, 2.24) is 0 Å². The van der Waals surface area contributed by atoms with Gasteiger partial charge in [0.25, 0.3) is 5.91 Å². The Kier molecular flexibility index (Phi) is 6.19. The average Bonchev–Trinajstić information content (AvgIpc) is 2.68. The highest BCUT2D eigenvalue weighted by molar-refractivity contribution is 5.99. The molecule has 0 radical (unpaired) electrons. The van der Waals surface area contributed by atoms with Gasteiger partial charge in [-0.05, 0) is 43.7 Å². The number of hydrogen-bond acceptors (Lipinski definition) is 4. The van der Waals surface area contributed by atoms with E-state index in [1.54, 1.807) is 23.1 Å². The lowest BCUT2D eigenvalue weighted by atomic mass is 10.1. The summed E-state index contributed by atoms with van der Waals surface area (Å²) in [6.07, 6.45) is 0.682. The van der Waals surface area contributed by atoms with Gasteiger partial charge in [-0.3, -0.25) is 9.59 Å². The number of fused-ring (bicyclic) bond motifs is 1. The van der Waals surface area contributed by atoms with Crippen LogP contribution >= 0.6 is 0 Å². The summed E-state index contributed by atoms with van der Waals surface area (Å²) in [6.45, 7) is 6.74. The van der Waals surface area contributed by atoms with Crippen LogP contribution in [0.25, 0.3) is 0 Å². The van der Waals surface area contributed by atoms with Gasteiger partial charge in [0, 0.05) is 18.2 Å². The van der Waals surface area contributed by atoms with Gasteiger partial charge in [0.2, 0.25) is 5.91 Å². The molecule has 2 amide bonds. The molecule has 148 valence electrons. The van der Waals surface area contributed by atoms with Gasteiger partial charge in [0.05, 0.1) is 12.3 Å². The number of hydrogen-bond donors (Lipinski definition) is 1. The number of nitrogens with one attached hydrogen (secondary N) is 1. The Morgan fingerprint density at radius 1 is 1.21 bits per heavy atom. The molecule has 1 heterocycles. The molecule has 0 saturated carbocycles. The summed E-state index contributed by atoms with van der Waals surface area (Å²) in [5.41, 5.74) is 2.51. The van der Waals surface area contributed by atoms with E-state index >= 15 is 0 Å². The monoisotopic (exact) mass is 382 g/mol. The number of aryl methyl sites for hydroxylation is 1. The van der Waals surface area contributed by atoms with Gasteiger partial charge in [0.15, 0.2) is 6.61 Å². The highest BCUT2D eigenvalue weighted by Gasteiger charge is 2.25. The first-order valence-corrected chi connectivity index (χ1v) is 9.51. The van der Waals surface area contributed by atoms with Crippen molar-refractivity contribution in [2.75, 3.05) is 30.0 Å². The molecule has 6 nitrogen and oxygen atoms in total. The predicted octanol–water partition coefficient (Wildman–Crippen LogP) is 3.78. The van der Waals surface area contributed by atoms with Gasteiger partial charge < -0.3 is 19.7 Å². The van der Waals surface area contributed by atoms with Crippen LogP contribution < -0.4 is 19.7 Å². The van der Waals surface area contributed by atoms with Crippen LogP contribution in [0.5, 0.6) is 11.5 Å². The van der Waals surface area contributed by atoms with Crippen molar-refractivity contribution in [3.8, 4) is 11.5 Å². The van der Waals surface area contributed by atoms with Crippen LogP contribution in [0.1, 0.15) is 25.8 Å². The zero-order chi connectivity index (χ0) is 20.1. The fourth-order valence-electron chi connectivity index (χ4n) is 2.86. The summed E-state index contributed by atoms with van der Waals surface area (Å²) in [5, 5.41) is 2.86. The summed E-state index contributed by atoms with van der Waals surface area (Å²) in [7, 11) is 0. The molecule has 0 aromatic heterocycles. The number of amides is 2. The van der Waals surface area contributed by atoms with Gasteiger partial charge in [-0.2, -0.15) is 0 Å². The average molecular weight is 382 g/mol. The number of rotatable bonds is 7. The van der Waals surface area contributed by atoms with Crippen LogP contribution in [-0.4, -0.2) is 31.6 Å². The standard InChI is InChI=1S/C22H26N2O4/c1-15(2)22(26)23-17-7-10-20-19(13-17)24(21(25)14-28-20)11-4-12-27-18-8-5-16(3)6-9-18/h5-10,13,15H,4,11-12,14H2,1-3H3,(H,23,26). The zero-order valence-corrected chi connectivity index (χ0v) is 16.5. The van der Waals surface area contributed by atoms with Crippen LogP contribution in [0.4, 0.5) is 11.4 Å². The third kappa shape index (κ3) is 4.82. The minimum atomic E-state index is -0.121. The molecule has 6 heteroatoms. The van der Waals surface area contributed by atoms with E-state index in [4.69, 9.17) is 9.47 Å². The van der Waals surface area contributed by atoms with Crippen molar-refractivity contribution in [3.05, 3.63) is 48.0 Å². The quantitative estimate of drug-likeness (QED) is 0.740. The second-order valence-corrected chi connectivity index (χ2v) is 7.18. The highest BCUT2D eigenvalue weighted by atomic mass is 16.5. The lowest BCUT2D eigenvalue weighted by molar-refractivity contribution is -0.121. The maximum Gasteiger partial charge on any atom is 0.265 e. The van der Waals surface area contributed by atoms with Gasteiger partial charge in [-0.15, -0.1) is 0 Å². The van der Waals surface area contributed by atoms with Gasteiger partial charge in [0.1, 0.15) is 11.5 Å². The molecule has 2 aromatic carbocycles. The summed E-state index contributed by atoms with van der Waals surface area (Å²) in [4.78, 5) is 26.0. The van der Waals surface area contributed by atoms with E-state index < -0.39 is 0 Å². The molecule has 2 aromatic rings. The van der Waals surface area contributed by atoms with E-state index in [0.29, 0.717) is 36.7 Å². The molecule has 0 unspecified atom stereocenters. The van der Waals surface area contributed by atoms with Crippen LogP contribution in [-0.2, 0) is 9.59 Å². The topological polar surface area (TPSA) is 67.9 Å². The minimum Gasteiger partial charge on any atom is -0.494 e. The summed E-state index contributed by atoms with van der Waals surface area (Å²) in [5.74, 6) is 1.17. The maximum absolute atomic E-state index is 12.4. The largest absolute Gasteiger partial charge is 0.494 e. The van der Waals surface area contributed by atoms with Crippen molar-refractivity contribution in [3.63, 3.8) is 0 Å². The van der Waals surface area contributed by atoms with E-state index in [1.807, 2.05) is 45.0 Å². The van der Waals surface area contributed by atoms with E-state index in [0.717, 1.165) is 5.75 Å². The van der Waals surface area contributed by atoms with Gasteiger partial charge in [-0.1, -0.05) is 31.5 Å². The molecular weight excluding hydrogens is 356 g/mol. The Balaban J connectivity index is 1.63. The van der Waals surface area contributed by atoms with E-state index in [1.165, 1.54) is 5.56 Å². The van der Waals surface area contributed by atoms with E-state index in [2.05, 4.69) is 5.32 Å². The third-order valence-corrected chi connectivity index (χ3v) is 4.51. The van der Waals surface area contributed by atoms with Crippen molar-refractivity contribution in [2.24, 2.45) is 5.92 Å². The van der Waals surface area contributed by atoms with Crippen molar-refractivity contribution < 1.29 is 19.1 Å². The fraction of sp³-hybridized carbons (Fsp3) is 0.364. The fourth-order valence-corrected chi connectivity index (χ4v) is 2.86. The molecule has 1 aliphatic heterocycles. The maximum atomic E-state index is 12.4. The molecule has 1 N–H and O–H groups in total. The summed E-state index contributed by atoms with van der Waals surface area (Å²) in [6, 6.07) is 13.2. The first kappa shape index (κ1) is 19.7. The van der Waals surface area contributed by atoms with Gasteiger partial charge in [-0.25, -0.2) is 0 Å². The van der Waals surface area contributed by atoms with Crippen molar-refractivity contribution in [1.29, 1.82) is 0 Å². The molecule has 0 aliphatic carbocycles. The molecule has 0 saturated heterocycles. The molecule has 0 spiro atoms. The Hall–Kier alpha value is -3.02. The van der Waals surface area contributed by atoms with E-state index in [9.17, 15) is 9.59 Å². The summed E-state index contributed by atoms with van der Waals surface area (Å²) >= 11 is 0. The van der Waals surface area contributed by atoms with Crippen LogP contribution in [0.3, 0.4) is 0 Å². The van der Waals surface area contributed by atoms with Crippen LogP contribution in [0.15, 0.2) is 42.5 Å². The normalized spacial score (nSPS) is 13.1. The first-order chi connectivity index (χ1) is 13.4. The lowest BCUT2D eigenvalue weighted by Crippen LogP contribution is -2.39. The Morgan fingerprint density at radius 3 is 2.68 bits per heavy atom. The minimum absolute atomic E-state index is 0.0174. The molecule has 0 atom stereocenters. The first-order valence-electron chi connectivity index (χ1n) is 9.51. The number of carbonyl (C=O) groups excluding carboxylic acids is 2. The number of anilines is 2. The number of ether oxygens (including phenoxy) is 2. The van der Waals surface area contributed by atoms with E-state index in [-0.39, 0.29) is 24.3 Å². The summed E-state index contributed by atoms with van der Waals surface area (Å²) < 4.78 is 11.3. The SMILES string of the molecule is Cc1ccc(OCCCN2C(=O)COc3ccc(NC(=O)C(C)C)cc32)cc1. The van der Waals surface area contributed by atoms with Crippen molar-refractivity contribution in [2.45, 2.75) is 27.2 Å². The zero-order valence-electron chi connectivity index (χ0n) is 16.5. The molecule has 0 fully saturated rings. The van der Waals surface area contributed by atoms with Crippen molar-refractivity contribution >= 4 is 23.2 Å². The lowest BCUT2D eigenvalue weighted by Gasteiger charge is -2.30. The highest BCUT2D eigenvalue weighted by Crippen LogP contribution is 2.34. The number of carbonyl (C=O) groups is 2. The van der Waals surface area contributed by atoms with Crippen LogP contribution in [0.2, 0.25) is 0 Å². The molecule has 3 rings (SSSR count). The number of nitrogens with zero attached hydrogens (tertiary/aromatic N) is 1. The molecular formula is C22H26N2O4. The molecule has 0 bridgehead atoms. The Labute approximate surface area is 165 Å². The van der Waals surface area contributed by atoms with Gasteiger partial charge >= 0.3 is 0 Å². The van der Waals surface area contributed by atoms with Crippen LogP contribution in [0, 0.1) is 12.8 Å². The number of benzene rings is 2.